The predicted octanol–water partition coefficient (Wildman–Crippen LogP) is 14.4. The zero-order valence-corrected chi connectivity index (χ0v) is 28.8. The number of hydrogen-bond donors (Lipinski definition) is 0. The molecule has 1 aliphatic carbocycles. The van der Waals surface area contributed by atoms with Crippen LogP contribution in [0.5, 0.6) is 0 Å². The molecule has 10 aromatic rings. The molecule has 0 bridgehead atoms. The minimum atomic E-state index is -0.0155. The van der Waals surface area contributed by atoms with Crippen LogP contribution in [-0.4, -0.2) is 0 Å². The number of fused-ring (bicyclic) bond motifs is 12. The summed E-state index contributed by atoms with van der Waals surface area (Å²) in [5.74, 6) is 0. The zero-order valence-electron chi connectivity index (χ0n) is 27.2. The van der Waals surface area contributed by atoms with Crippen molar-refractivity contribution in [1.29, 1.82) is 0 Å². The molecule has 0 spiro atoms. The van der Waals surface area contributed by atoms with E-state index in [4.69, 9.17) is 0 Å². The van der Waals surface area contributed by atoms with Crippen molar-refractivity contribution in [2.24, 2.45) is 0 Å². The Morgan fingerprint density at radius 1 is 0.388 bits per heavy atom. The molecule has 0 fully saturated rings. The Labute approximate surface area is 292 Å². The largest absolute Gasteiger partial charge is 0.135 e. The highest BCUT2D eigenvalue weighted by Crippen LogP contribution is 2.54. The lowest BCUT2D eigenvalue weighted by Gasteiger charge is -2.22. The first-order chi connectivity index (χ1) is 24.1. The van der Waals surface area contributed by atoms with E-state index in [0.29, 0.717) is 0 Å². The minimum Gasteiger partial charge on any atom is -0.135 e. The van der Waals surface area contributed by atoms with Crippen molar-refractivity contribution in [2.45, 2.75) is 19.3 Å². The van der Waals surface area contributed by atoms with E-state index in [9.17, 15) is 0 Å². The molecule has 0 nitrogen and oxygen atoms in total. The lowest BCUT2D eigenvalue weighted by molar-refractivity contribution is 0.660. The third-order valence-electron chi connectivity index (χ3n) is 11.1. The molecule has 49 heavy (non-hydrogen) atoms. The third kappa shape index (κ3) is 3.68. The standard InChI is InChI=1S/C47H30S2/c1-47(2)37-20-10-7-13-28(37)35-25-27(23-24-38(35)47)42-29-14-3-5-16-31(29)43(32-17-6-4-15-30(32)42)36-26-41-45(34-19-9-11-21-39(34)48-41)46-44(36)33-18-8-12-22-40(33)49-46/h3-26H,1-2H3. The Balaban J connectivity index is 1.28. The van der Waals surface area contributed by atoms with Crippen LogP contribution in [0.3, 0.4) is 0 Å². The summed E-state index contributed by atoms with van der Waals surface area (Å²) in [7, 11) is 0. The van der Waals surface area contributed by atoms with Gasteiger partial charge in [-0.2, -0.15) is 0 Å². The van der Waals surface area contributed by atoms with Gasteiger partial charge in [-0.3, -0.25) is 0 Å². The second kappa shape index (κ2) is 9.89. The van der Waals surface area contributed by atoms with Gasteiger partial charge < -0.3 is 0 Å². The van der Waals surface area contributed by atoms with E-state index in [0.717, 1.165) is 0 Å². The van der Waals surface area contributed by atoms with Crippen LogP contribution in [0.25, 0.3) is 95.3 Å². The van der Waals surface area contributed by atoms with Crippen molar-refractivity contribution in [3.63, 3.8) is 0 Å². The smallest absolute Gasteiger partial charge is 0.0454 e. The lowest BCUT2D eigenvalue weighted by Crippen LogP contribution is -2.14. The summed E-state index contributed by atoms with van der Waals surface area (Å²) in [5.41, 5.74) is 10.8. The van der Waals surface area contributed by atoms with E-state index >= 15 is 0 Å². The lowest BCUT2D eigenvalue weighted by atomic mass is 9.81. The molecular weight excluding hydrogens is 629 g/mol. The van der Waals surface area contributed by atoms with Gasteiger partial charge in [-0.15, -0.1) is 22.7 Å². The van der Waals surface area contributed by atoms with Crippen molar-refractivity contribution in [3.8, 4) is 33.4 Å². The van der Waals surface area contributed by atoms with Crippen LogP contribution >= 0.6 is 22.7 Å². The van der Waals surface area contributed by atoms with E-state index in [2.05, 4.69) is 159 Å². The molecule has 230 valence electrons. The molecule has 0 N–H and O–H groups in total. The Kier molecular flexibility index (Phi) is 5.58. The Bertz CT molecular complexity index is 2970. The molecule has 2 heteroatoms. The fraction of sp³-hybridized carbons (Fsp3) is 0.0638. The highest BCUT2D eigenvalue weighted by molar-refractivity contribution is 7.30. The third-order valence-corrected chi connectivity index (χ3v) is 13.4. The molecule has 11 rings (SSSR count). The van der Waals surface area contributed by atoms with Crippen molar-refractivity contribution in [3.05, 3.63) is 157 Å². The summed E-state index contributed by atoms with van der Waals surface area (Å²) >= 11 is 3.86. The maximum atomic E-state index is 2.50. The monoisotopic (exact) mass is 658 g/mol. The van der Waals surface area contributed by atoms with Gasteiger partial charge in [0.1, 0.15) is 0 Å². The highest BCUT2D eigenvalue weighted by atomic mass is 32.1. The summed E-state index contributed by atoms with van der Waals surface area (Å²) in [5, 5.41) is 10.7. The number of benzene rings is 8. The van der Waals surface area contributed by atoms with E-state index in [1.54, 1.807) is 0 Å². The molecule has 0 atom stereocenters. The maximum Gasteiger partial charge on any atom is 0.0454 e. The van der Waals surface area contributed by atoms with E-state index < -0.39 is 0 Å². The van der Waals surface area contributed by atoms with Gasteiger partial charge in [-0.1, -0.05) is 135 Å². The fourth-order valence-electron chi connectivity index (χ4n) is 8.89. The molecule has 0 unspecified atom stereocenters. The molecule has 1 aliphatic rings. The highest BCUT2D eigenvalue weighted by Gasteiger charge is 2.35. The van der Waals surface area contributed by atoms with Gasteiger partial charge >= 0.3 is 0 Å². The van der Waals surface area contributed by atoms with E-state index in [-0.39, 0.29) is 5.41 Å². The second-order valence-corrected chi connectivity index (χ2v) is 16.1. The molecule has 8 aromatic carbocycles. The summed E-state index contributed by atoms with van der Waals surface area (Å²) < 4.78 is 5.43. The second-order valence-electron chi connectivity index (χ2n) is 14.0. The molecule has 0 aliphatic heterocycles. The SMILES string of the molecule is CC1(C)c2ccccc2-c2cc(-c3c4ccccc4c(-c4cc5sc6ccccc6c5c5sc6ccccc6c45)c4ccccc34)ccc21. The summed E-state index contributed by atoms with van der Waals surface area (Å²) in [6.07, 6.45) is 0. The van der Waals surface area contributed by atoms with Crippen LogP contribution in [0, 0.1) is 0 Å². The Morgan fingerprint density at radius 3 is 1.61 bits per heavy atom. The maximum absolute atomic E-state index is 2.50. The topological polar surface area (TPSA) is 0 Å². The summed E-state index contributed by atoms with van der Waals surface area (Å²) in [4.78, 5) is 0. The molecule has 2 aromatic heterocycles. The number of thiophene rings is 2. The van der Waals surface area contributed by atoms with Crippen molar-refractivity contribution < 1.29 is 0 Å². The van der Waals surface area contributed by atoms with Crippen molar-refractivity contribution >= 4 is 84.6 Å². The van der Waals surface area contributed by atoms with Gasteiger partial charge in [-0.05, 0) is 90.3 Å². The normalized spacial score (nSPS) is 13.7. The first-order valence-electron chi connectivity index (χ1n) is 17.0. The predicted molar refractivity (Wildman–Crippen MR) is 216 cm³/mol. The van der Waals surface area contributed by atoms with Crippen LogP contribution in [0.1, 0.15) is 25.0 Å². The molecule has 0 saturated carbocycles. The van der Waals surface area contributed by atoms with Crippen molar-refractivity contribution in [1.82, 2.24) is 0 Å². The van der Waals surface area contributed by atoms with Crippen molar-refractivity contribution in [2.75, 3.05) is 0 Å². The van der Waals surface area contributed by atoms with E-state index in [1.165, 1.54) is 106 Å². The van der Waals surface area contributed by atoms with Crippen LogP contribution in [0.15, 0.2) is 146 Å². The van der Waals surface area contributed by atoms with Gasteiger partial charge in [0.05, 0.1) is 0 Å². The average Bonchev–Trinajstić information content (AvgIpc) is 3.78. The van der Waals surface area contributed by atoms with E-state index in [1.807, 2.05) is 22.7 Å². The summed E-state index contributed by atoms with van der Waals surface area (Å²) in [6.45, 7) is 4.72. The van der Waals surface area contributed by atoms with Crippen LogP contribution in [0.4, 0.5) is 0 Å². The van der Waals surface area contributed by atoms with Gasteiger partial charge in [0.25, 0.3) is 0 Å². The first-order valence-corrected chi connectivity index (χ1v) is 18.7. The zero-order chi connectivity index (χ0) is 32.4. The van der Waals surface area contributed by atoms with Gasteiger partial charge in [-0.25, -0.2) is 0 Å². The van der Waals surface area contributed by atoms with Gasteiger partial charge in [0, 0.05) is 45.8 Å². The molecule has 2 heterocycles. The summed E-state index contributed by atoms with van der Waals surface area (Å²) in [6, 6.07) is 54.8. The number of hydrogen-bond acceptors (Lipinski definition) is 2. The molecular formula is C47H30S2. The Morgan fingerprint density at radius 2 is 0.918 bits per heavy atom. The van der Waals surface area contributed by atoms with Crippen LogP contribution < -0.4 is 0 Å². The average molecular weight is 659 g/mol. The molecule has 0 saturated heterocycles. The van der Waals surface area contributed by atoms with Gasteiger partial charge in [0.2, 0.25) is 0 Å². The Hall–Kier alpha value is -5.28. The van der Waals surface area contributed by atoms with Crippen LogP contribution in [0.2, 0.25) is 0 Å². The molecule has 0 radical (unpaired) electrons. The number of rotatable bonds is 2. The quantitative estimate of drug-likeness (QED) is 0.162. The first kappa shape index (κ1) is 27.6. The van der Waals surface area contributed by atoms with Crippen LogP contribution in [-0.2, 0) is 5.41 Å². The molecule has 0 amide bonds. The van der Waals surface area contributed by atoms with Gasteiger partial charge in [0.15, 0.2) is 0 Å². The minimum absolute atomic E-state index is 0.0155. The fourth-order valence-corrected chi connectivity index (χ4v) is 11.4.